The SMILES string of the molecule is CCOC(=O)c1ccc([C@]23Cc4cnoc4[C@@H](C)[C@@H]2CCc2cncnc23)cc1. The Morgan fingerprint density at radius 3 is 2.86 bits per heavy atom. The zero-order valence-electron chi connectivity index (χ0n) is 16.6. The average Bonchev–Trinajstić information content (AvgIpc) is 3.22. The Morgan fingerprint density at radius 2 is 2.07 bits per heavy atom. The van der Waals surface area contributed by atoms with Gasteiger partial charge in [-0.15, -0.1) is 0 Å². The number of fused-ring (bicyclic) bond motifs is 4. The van der Waals surface area contributed by atoms with Gasteiger partial charge in [0.15, 0.2) is 0 Å². The van der Waals surface area contributed by atoms with Gasteiger partial charge in [0.25, 0.3) is 0 Å². The topological polar surface area (TPSA) is 78.1 Å². The van der Waals surface area contributed by atoms with Gasteiger partial charge in [0, 0.05) is 23.1 Å². The second-order valence-corrected chi connectivity index (χ2v) is 7.99. The minimum absolute atomic E-state index is 0.231. The van der Waals surface area contributed by atoms with Gasteiger partial charge in [-0.1, -0.05) is 24.2 Å². The maximum absolute atomic E-state index is 12.1. The lowest BCUT2D eigenvalue weighted by Crippen LogP contribution is -2.48. The van der Waals surface area contributed by atoms with E-state index in [1.165, 1.54) is 5.56 Å². The number of hydrogen-bond acceptors (Lipinski definition) is 6. The molecule has 3 atom stereocenters. The standard InChI is InChI=1S/C23H23N3O3/c1-3-28-22(27)15-4-7-18(8-5-15)23-10-17-12-26-29-20(17)14(2)19(23)9-6-16-11-24-13-25-21(16)23/h4-5,7-8,11-14,19H,3,6,9-10H2,1-2H3/t14-,19-,23+/m0/s1. The van der Waals surface area contributed by atoms with Gasteiger partial charge in [0.05, 0.1) is 24.1 Å². The van der Waals surface area contributed by atoms with Crippen LogP contribution in [-0.4, -0.2) is 27.7 Å². The molecule has 2 heterocycles. The highest BCUT2D eigenvalue weighted by Crippen LogP contribution is 2.56. The minimum Gasteiger partial charge on any atom is -0.462 e. The van der Waals surface area contributed by atoms with Crippen molar-refractivity contribution in [3.8, 4) is 0 Å². The van der Waals surface area contributed by atoms with Crippen LogP contribution in [0.4, 0.5) is 0 Å². The molecule has 1 aromatic carbocycles. The Morgan fingerprint density at radius 1 is 1.24 bits per heavy atom. The Balaban J connectivity index is 1.69. The molecule has 0 radical (unpaired) electrons. The molecule has 6 nitrogen and oxygen atoms in total. The molecular formula is C23H23N3O3. The molecule has 0 fully saturated rings. The van der Waals surface area contributed by atoms with Gasteiger partial charge in [0.2, 0.25) is 0 Å². The van der Waals surface area contributed by atoms with E-state index in [9.17, 15) is 4.79 Å². The van der Waals surface area contributed by atoms with E-state index in [2.05, 4.69) is 29.2 Å². The van der Waals surface area contributed by atoms with E-state index >= 15 is 0 Å². The van der Waals surface area contributed by atoms with E-state index in [0.717, 1.165) is 41.8 Å². The third-order valence-corrected chi connectivity index (χ3v) is 6.64. The molecule has 0 amide bonds. The number of hydrogen-bond donors (Lipinski definition) is 0. The second kappa shape index (κ2) is 6.79. The molecule has 2 aromatic heterocycles. The van der Waals surface area contributed by atoms with Crippen LogP contribution in [0.2, 0.25) is 0 Å². The number of benzene rings is 1. The van der Waals surface area contributed by atoms with E-state index in [4.69, 9.17) is 14.2 Å². The predicted molar refractivity (Wildman–Crippen MR) is 106 cm³/mol. The number of ether oxygens (including phenoxy) is 1. The Bertz CT molecular complexity index is 1060. The van der Waals surface area contributed by atoms with E-state index in [0.29, 0.717) is 18.1 Å². The van der Waals surface area contributed by atoms with Gasteiger partial charge in [-0.05, 0) is 55.4 Å². The van der Waals surface area contributed by atoms with E-state index in [1.54, 1.807) is 6.33 Å². The van der Waals surface area contributed by atoms with Crippen molar-refractivity contribution in [2.45, 2.75) is 44.4 Å². The fourth-order valence-corrected chi connectivity index (χ4v) is 5.40. The highest BCUT2D eigenvalue weighted by Gasteiger charge is 2.53. The molecule has 0 N–H and O–H groups in total. The highest BCUT2D eigenvalue weighted by atomic mass is 16.5. The molecule has 0 bridgehead atoms. The monoisotopic (exact) mass is 389 g/mol. The number of carbonyl (C=O) groups is 1. The first-order chi connectivity index (χ1) is 14.1. The first-order valence-corrected chi connectivity index (χ1v) is 10.2. The molecule has 0 aliphatic heterocycles. The average molecular weight is 389 g/mol. The normalized spacial score (nSPS) is 24.9. The van der Waals surface area contributed by atoms with Crippen molar-refractivity contribution in [1.29, 1.82) is 0 Å². The lowest BCUT2D eigenvalue weighted by atomic mass is 9.53. The van der Waals surface area contributed by atoms with Crippen molar-refractivity contribution < 1.29 is 14.1 Å². The maximum atomic E-state index is 12.1. The van der Waals surface area contributed by atoms with Gasteiger partial charge in [-0.2, -0.15) is 0 Å². The van der Waals surface area contributed by atoms with E-state index in [1.807, 2.05) is 31.5 Å². The molecule has 0 spiro atoms. The summed E-state index contributed by atoms with van der Waals surface area (Å²) in [6, 6.07) is 7.84. The zero-order valence-corrected chi connectivity index (χ0v) is 16.6. The number of carbonyl (C=O) groups excluding carboxylic acids is 1. The summed E-state index contributed by atoms with van der Waals surface area (Å²) in [7, 11) is 0. The number of esters is 1. The Hall–Kier alpha value is -3.02. The summed E-state index contributed by atoms with van der Waals surface area (Å²) in [5.74, 6) is 1.26. The lowest BCUT2D eigenvalue weighted by Gasteiger charge is -2.49. The van der Waals surface area contributed by atoms with Crippen molar-refractivity contribution in [3.05, 3.63) is 76.7 Å². The van der Waals surface area contributed by atoms with Crippen molar-refractivity contribution >= 4 is 5.97 Å². The lowest BCUT2D eigenvalue weighted by molar-refractivity contribution is 0.0526. The van der Waals surface area contributed by atoms with Crippen molar-refractivity contribution in [2.75, 3.05) is 6.61 Å². The van der Waals surface area contributed by atoms with Gasteiger partial charge in [0.1, 0.15) is 12.1 Å². The highest BCUT2D eigenvalue weighted by molar-refractivity contribution is 5.89. The molecule has 3 aromatic rings. The van der Waals surface area contributed by atoms with Crippen LogP contribution in [0.3, 0.4) is 0 Å². The van der Waals surface area contributed by atoms with E-state index < -0.39 is 0 Å². The van der Waals surface area contributed by atoms with Crippen LogP contribution in [0.15, 0.2) is 47.5 Å². The van der Waals surface area contributed by atoms with Gasteiger partial charge in [-0.3, -0.25) is 0 Å². The summed E-state index contributed by atoms with van der Waals surface area (Å²) < 4.78 is 10.8. The van der Waals surface area contributed by atoms with E-state index in [-0.39, 0.29) is 17.3 Å². The van der Waals surface area contributed by atoms with Crippen LogP contribution in [0.25, 0.3) is 0 Å². The molecule has 5 rings (SSSR count). The molecule has 0 unspecified atom stereocenters. The number of nitrogens with zero attached hydrogens (tertiary/aromatic N) is 3. The fourth-order valence-electron chi connectivity index (χ4n) is 5.40. The van der Waals surface area contributed by atoms with Crippen molar-refractivity contribution in [2.24, 2.45) is 5.92 Å². The molecule has 6 heteroatoms. The summed E-state index contributed by atoms with van der Waals surface area (Å²) in [5.41, 5.74) is 4.86. The van der Waals surface area contributed by atoms with Crippen LogP contribution in [0.5, 0.6) is 0 Å². The molecule has 0 saturated heterocycles. The predicted octanol–water partition coefficient (Wildman–Crippen LogP) is 3.85. The summed E-state index contributed by atoms with van der Waals surface area (Å²) in [4.78, 5) is 21.2. The molecular weight excluding hydrogens is 366 g/mol. The van der Waals surface area contributed by atoms with Gasteiger partial charge < -0.3 is 9.26 Å². The summed E-state index contributed by atoms with van der Waals surface area (Å²) in [6.07, 6.45) is 8.19. The summed E-state index contributed by atoms with van der Waals surface area (Å²) in [6.45, 7) is 4.40. The zero-order chi connectivity index (χ0) is 20.0. The number of aryl methyl sites for hydroxylation is 1. The summed E-state index contributed by atoms with van der Waals surface area (Å²) in [5, 5.41) is 4.08. The van der Waals surface area contributed by atoms with Crippen molar-refractivity contribution in [3.63, 3.8) is 0 Å². The molecule has 2 aliphatic carbocycles. The quantitative estimate of drug-likeness (QED) is 0.633. The minimum atomic E-state index is -0.294. The van der Waals surface area contributed by atoms with Crippen LogP contribution in [0, 0.1) is 5.92 Å². The van der Waals surface area contributed by atoms with Crippen LogP contribution < -0.4 is 0 Å². The Labute approximate surface area is 169 Å². The maximum Gasteiger partial charge on any atom is 0.338 e. The third-order valence-electron chi connectivity index (χ3n) is 6.64. The van der Waals surface area contributed by atoms with Crippen LogP contribution in [0.1, 0.15) is 64.7 Å². The third kappa shape index (κ3) is 2.62. The molecule has 148 valence electrons. The number of aromatic nitrogens is 3. The smallest absolute Gasteiger partial charge is 0.338 e. The molecule has 29 heavy (non-hydrogen) atoms. The number of rotatable bonds is 3. The Kier molecular flexibility index (Phi) is 4.23. The van der Waals surface area contributed by atoms with Gasteiger partial charge in [-0.25, -0.2) is 14.8 Å². The van der Waals surface area contributed by atoms with Gasteiger partial charge >= 0.3 is 5.97 Å². The van der Waals surface area contributed by atoms with Crippen LogP contribution >= 0.6 is 0 Å². The largest absolute Gasteiger partial charge is 0.462 e. The first kappa shape index (κ1) is 18.0. The molecule has 0 saturated carbocycles. The molecule has 2 aliphatic rings. The van der Waals surface area contributed by atoms with Crippen molar-refractivity contribution in [1.82, 2.24) is 15.1 Å². The second-order valence-electron chi connectivity index (χ2n) is 7.99. The van der Waals surface area contributed by atoms with Crippen LogP contribution in [-0.2, 0) is 23.0 Å². The summed E-state index contributed by atoms with van der Waals surface area (Å²) >= 11 is 0. The fraction of sp³-hybridized carbons (Fsp3) is 0.391. The first-order valence-electron chi connectivity index (χ1n) is 10.2.